The minimum atomic E-state index is -0.171. The van der Waals surface area contributed by atoms with Crippen molar-refractivity contribution in [2.45, 2.75) is 51.7 Å². The van der Waals surface area contributed by atoms with Crippen LogP contribution in [0.25, 0.3) is 0 Å². The molecule has 0 bridgehead atoms. The molecule has 0 spiro atoms. The zero-order valence-electron chi connectivity index (χ0n) is 13.6. The van der Waals surface area contributed by atoms with Gasteiger partial charge in [-0.1, -0.05) is 23.7 Å². The molecule has 23 heavy (non-hydrogen) atoms. The van der Waals surface area contributed by atoms with Crippen LogP contribution in [0.2, 0.25) is 5.02 Å². The maximum absolute atomic E-state index is 6.29. The van der Waals surface area contributed by atoms with E-state index in [4.69, 9.17) is 21.1 Å². The Bertz CT molecular complexity index is 764. The Morgan fingerprint density at radius 3 is 2.91 bits per heavy atom. The van der Waals surface area contributed by atoms with Crippen molar-refractivity contribution in [2.24, 2.45) is 0 Å². The van der Waals surface area contributed by atoms with Crippen LogP contribution in [0.4, 0.5) is 0 Å². The van der Waals surface area contributed by atoms with Crippen molar-refractivity contribution in [1.29, 1.82) is 0 Å². The van der Waals surface area contributed by atoms with Crippen LogP contribution in [0.15, 0.2) is 30.3 Å². The van der Waals surface area contributed by atoms with E-state index in [0.29, 0.717) is 6.61 Å². The highest BCUT2D eigenvalue weighted by atomic mass is 35.5. The van der Waals surface area contributed by atoms with E-state index in [-0.39, 0.29) is 5.60 Å². The number of hydrogen-bond acceptors (Lipinski definition) is 2. The Morgan fingerprint density at radius 2 is 2.04 bits per heavy atom. The average Bonchev–Trinajstić information content (AvgIpc) is 3.07. The van der Waals surface area contributed by atoms with Crippen molar-refractivity contribution in [2.75, 3.05) is 0 Å². The standard InChI is InChI=1S/C20H21ClO2/c1-20(2)11-14-9-16(21)10-15(19(14)23-20)12-22-18-8-4-6-13-5-3-7-17(13)18/h4,6,8-10H,3,5,7,11-12H2,1-2H3. The Kier molecular flexibility index (Phi) is 3.53. The second-order valence-corrected chi connectivity index (χ2v) is 7.56. The molecule has 2 aromatic rings. The quantitative estimate of drug-likeness (QED) is 0.778. The van der Waals surface area contributed by atoms with Crippen molar-refractivity contribution in [3.63, 3.8) is 0 Å². The van der Waals surface area contributed by atoms with Crippen molar-refractivity contribution < 1.29 is 9.47 Å². The van der Waals surface area contributed by atoms with Gasteiger partial charge in [0.2, 0.25) is 0 Å². The summed E-state index contributed by atoms with van der Waals surface area (Å²) in [7, 11) is 0. The number of rotatable bonds is 3. The Balaban J connectivity index is 1.61. The van der Waals surface area contributed by atoms with Gasteiger partial charge in [-0.3, -0.25) is 0 Å². The first-order valence-electron chi connectivity index (χ1n) is 8.26. The maximum atomic E-state index is 6.29. The van der Waals surface area contributed by atoms with Crippen LogP contribution in [0.1, 0.15) is 42.5 Å². The monoisotopic (exact) mass is 328 g/mol. The highest BCUT2D eigenvalue weighted by molar-refractivity contribution is 6.30. The molecular formula is C20H21ClO2. The lowest BCUT2D eigenvalue weighted by molar-refractivity contribution is 0.135. The van der Waals surface area contributed by atoms with Crippen molar-refractivity contribution in [3.05, 3.63) is 57.6 Å². The van der Waals surface area contributed by atoms with Crippen LogP contribution in [0, 0.1) is 0 Å². The highest BCUT2D eigenvalue weighted by Crippen LogP contribution is 2.40. The van der Waals surface area contributed by atoms with E-state index in [2.05, 4.69) is 32.0 Å². The molecule has 0 aromatic heterocycles. The van der Waals surface area contributed by atoms with E-state index in [1.165, 1.54) is 23.1 Å². The second kappa shape index (κ2) is 5.45. The Morgan fingerprint density at radius 1 is 1.17 bits per heavy atom. The van der Waals surface area contributed by atoms with Crippen LogP contribution in [-0.4, -0.2) is 5.60 Å². The number of fused-ring (bicyclic) bond motifs is 2. The largest absolute Gasteiger partial charge is 0.488 e. The van der Waals surface area contributed by atoms with Crippen molar-refractivity contribution in [3.8, 4) is 11.5 Å². The number of halogens is 1. The lowest BCUT2D eigenvalue weighted by atomic mass is 10.0. The van der Waals surface area contributed by atoms with E-state index in [1.807, 2.05) is 12.1 Å². The third kappa shape index (κ3) is 2.81. The molecule has 2 aromatic carbocycles. The molecule has 1 heterocycles. The molecule has 0 saturated heterocycles. The first kappa shape index (κ1) is 14.9. The topological polar surface area (TPSA) is 18.5 Å². The molecule has 0 atom stereocenters. The molecule has 1 aliphatic carbocycles. The number of benzene rings is 2. The van der Waals surface area contributed by atoms with E-state index in [9.17, 15) is 0 Å². The van der Waals surface area contributed by atoms with Gasteiger partial charge in [-0.05, 0) is 68.0 Å². The van der Waals surface area contributed by atoms with Gasteiger partial charge in [0.1, 0.15) is 23.7 Å². The molecule has 120 valence electrons. The van der Waals surface area contributed by atoms with Crippen LogP contribution in [0.5, 0.6) is 11.5 Å². The minimum Gasteiger partial charge on any atom is -0.488 e. The van der Waals surface area contributed by atoms with E-state index in [0.717, 1.165) is 41.3 Å². The number of ether oxygens (including phenoxy) is 2. The van der Waals surface area contributed by atoms with Gasteiger partial charge in [0.05, 0.1) is 0 Å². The zero-order chi connectivity index (χ0) is 16.0. The summed E-state index contributed by atoms with van der Waals surface area (Å²) >= 11 is 6.29. The zero-order valence-corrected chi connectivity index (χ0v) is 14.4. The summed E-state index contributed by atoms with van der Waals surface area (Å²) in [6.07, 6.45) is 4.38. The summed E-state index contributed by atoms with van der Waals surface area (Å²) in [6.45, 7) is 4.71. The summed E-state index contributed by atoms with van der Waals surface area (Å²) in [6, 6.07) is 10.3. The van der Waals surface area contributed by atoms with Crippen LogP contribution in [-0.2, 0) is 25.9 Å². The minimum absolute atomic E-state index is 0.171. The fourth-order valence-electron chi connectivity index (χ4n) is 3.73. The number of hydrogen-bond donors (Lipinski definition) is 0. The summed E-state index contributed by atoms with van der Waals surface area (Å²) in [5.41, 5.74) is 4.84. The van der Waals surface area contributed by atoms with Gasteiger partial charge in [0.15, 0.2) is 0 Å². The fourth-order valence-corrected chi connectivity index (χ4v) is 3.99. The first-order chi connectivity index (χ1) is 11.0. The second-order valence-electron chi connectivity index (χ2n) is 7.13. The van der Waals surface area contributed by atoms with Crippen LogP contribution in [0.3, 0.4) is 0 Å². The summed E-state index contributed by atoms with van der Waals surface area (Å²) < 4.78 is 12.3. The van der Waals surface area contributed by atoms with Gasteiger partial charge in [0.25, 0.3) is 0 Å². The van der Waals surface area contributed by atoms with Gasteiger partial charge in [-0.2, -0.15) is 0 Å². The summed E-state index contributed by atoms with van der Waals surface area (Å²) in [4.78, 5) is 0. The van der Waals surface area contributed by atoms with Gasteiger partial charge >= 0.3 is 0 Å². The van der Waals surface area contributed by atoms with Gasteiger partial charge in [-0.15, -0.1) is 0 Å². The van der Waals surface area contributed by atoms with Gasteiger partial charge in [-0.25, -0.2) is 0 Å². The fraction of sp³-hybridized carbons (Fsp3) is 0.400. The average molecular weight is 329 g/mol. The van der Waals surface area contributed by atoms with Crippen molar-refractivity contribution in [1.82, 2.24) is 0 Å². The summed E-state index contributed by atoms with van der Waals surface area (Å²) in [5.74, 6) is 1.96. The normalized spacial score (nSPS) is 17.5. The smallest absolute Gasteiger partial charge is 0.130 e. The molecule has 0 radical (unpaired) electrons. The van der Waals surface area contributed by atoms with Crippen LogP contribution < -0.4 is 9.47 Å². The van der Waals surface area contributed by atoms with Crippen LogP contribution >= 0.6 is 11.6 Å². The predicted molar refractivity (Wildman–Crippen MR) is 92.7 cm³/mol. The van der Waals surface area contributed by atoms with E-state index >= 15 is 0 Å². The number of aryl methyl sites for hydroxylation is 1. The molecule has 2 aliphatic rings. The lowest BCUT2D eigenvalue weighted by Gasteiger charge is -2.18. The lowest BCUT2D eigenvalue weighted by Crippen LogP contribution is -2.25. The van der Waals surface area contributed by atoms with Gasteiger partial charge < -0.3 is 9.47 Å². The molecule has 1 aliphatic heterocycles. The van der Waals surface area contributed by atoms with E-state index < -0.39 is 0 Å². The molecule has 0 saturated carbocycles. The SMILES string of the molecule is CC1(C)Cc2cc(Cl)cc(COc3cccc4c3CCC4)c2O1. The summed E-state index contributed by atoms with van der Waals surface area (Å²) in [5, 5.41) is 0.752. The van der Waals surface area contributed by atoms with Gasteiger partial charge in [0, 0.05) is 17.0 Å². The molecule has 4 rings (SSSR count). The molecule has 0 N–H and O–H groups in total. The van der Waals surface area contributed by atoms with E-state index in [1.54, 1.807) is 0 Å². The highest BCUT2D eigenvalue weighted by Gasteiger charge is 2.32. The molecule has 0 amide bonds. The molecular weight excluding hydrogens is 308 g/mol. The molecule has 3 heteroatoms. The third-order valence-electron chi connectivity index (χ3n) is 4.69. The van der Waals surface area contributed by atoms with Crippen molar-refractivity contribution >= 4 is 11.6 Å². The predicted octanol–water partition coefficient (Wildman–Crippen LogP) is 5.12. The Labute approximate surface area is 142 Å². The molecule has 0 fully saturated rings. The molecule has 0 unspecified atom stereocenters. The first-order valence-corrected chi connectivity index (χ1v) is 8.63. The maximum Gasteiger partial charge on any atom is 0.130 e. The third-order valence-corrected chi connectivity index (χ3v) is 4.91. The molecule has 2 nitrogen and oxygen atoms in total. The Hall–Kier alpha value is -1.67.